The van der Waals surface area contributed by atoms with Gasteiger partial charge in [0.1, 0.15) is 65.0 Å². The van der Waals surface area contributed by atoms with Gasteiger partial charge in [0.05, 0.1) is 27.2 Å². The molecule has 0 aliphatic carbocycles. The first-order valence-corrected chi connectivity index (χ1v) is 48.1. The van der Waals surface area contributed by atoms with Gasteiger partial charge < -0.3 is 51.5 Å². The van der Waals surface area contributed by atoms with Crippen molar-refractivity contribution in [3.8, 4) is 52.3 Å². The van der Waals surface area contributed by atoms with E-state index in [0.717, 1.165) is 58.8 Å². The maximum absolute atomic E-state index is 11.1. The molecule has 16 rings (SSSR count). The van der Waals surface area contributed by atoms with Gasteiger partial charge in [-0.3, -0.25) is 35.1 Å². The maximum Gasteiger partial charge on any atom is 0.349 e. The Hall–Kier alpha value is -16.8. The first kappa shape index (κ1) is 131. The summed E-state index contributed by atoms with van der Waals surface area (Å²) < 4.78 is 22.4. The quantitative estimate of drug-likeness (QED) is 0.00785. The number of carbonyl (C=O) groups is 1. The lowest BCUT2D eigenvalue weighted by atomic mass is 10.2. The largest absolute Gasteiger partial charge is 0.508 e. The molecule has 144 heavy (non-hydrogen) atoms. The monoisotopic (exact) mass is 2020 g/mol. The third-order valence-electron chi connectivity index (χ3n) is 14.8. The van der Waals surface area contributed by atoms with Crippen LogP contribution in [0.4, 0.5) is 69.0 Å². The second-order valence-electron chi connectivity index (χ2n) is 23.7. The van der Waals surface area contributed by atoms with Crippen molar-refractivity contribution in [3.05, 3.63) is 422 Å². The summed E-state index contributed by atoms with van der Waals surface area (Å²) in [5.74, 6) is 4.08. The molecule has 5 heterocycles. The van der Waals surface area contributed by atoms with Crippen LogP contribution in [0.2, 0.25) is 15.7 Å². The molecule has 0 saturated carbocycles. The summed E-state index contributed by atoms with van der Waals surface area (Å²) in [5.41, 5.74) is 16.3. The molecule has 8 N–H and O–H groups in total. The van der Waals surface area contributed by atoms with Gasteiger partial charge in [-0.1, -0.05) is 388 Å². The number of aldehydes is 1. The van der Waals surface area contributed by atoms with Crippen LogP contribution < -0.4 is 46.4 Å². The average molecular weight is 2020 g/mol. The highest BCUT2D eigenvalue weighted by Crippen LogP contribution is 2.34. The second kappa shape index (κ2) is 87.7. The smallest absolute Gasteiger partial charge is 0.349 e. The number of hydrogen-bond donors (Lipinski definition) is 6. The number of ether oxygens (including phenoxy) is 4. The number of aromatic nitrogens is 10. The van der Waals surface area contributed by atoms with E-state index in [4.69, 9.17) is 70.3 Å². The zero-order valence-corrected chi connectivity index (χ0v) is 88.1. The van der Waals surface area contributed by atoms with E-state index in [2.05, 4.69) is 70.8 Å². The molecule has 0 aliphatic rings. The van der Waals surface area contributed by atoms with Crippen molar-refractivity contribution in [1.82, 2.24) is 49.8 Å². The number of para-hydroxylation sites is 9. The molecule has 0 amide bonds. The summed E-state index contributed by atoms with van der Waals surface area (Å²) >= 11 is 16.2. The molecular formula is C110H136Cl3N19O12. The van der Waals surface area contributed by atoms with Crippen LogP contribution in [0, 0.1) is 30.3 Å². The number of carbonyl (C=O) groups excluding carboxylic acids is 1. The van der Waals surface area contributed by atoms with Crippen molar-refractivity contribution in [2.45, 2.75) is 152 Å². The molecule has 0 aliphatic heterocycles. The Labute approximate surface area is 863 Å². The van der Waals surface area contributed by atoms with E-state index in [9.17, 15) is 35.1 Å². The minimum absolute atomic E-state index is 0.110. The van der Waals surface area contributed by atoms with Crippen LogP contribution in [0.3, 0.4) is 0 Å². The molecule has 0 bridgehead atoms. The Morgan fingerprint density at radius 3 is 0.868 bits per heavy atom. The van der Waals surface area contributed by atoms with Crippen molar-refractivity contribution >= 4 is 116 Å². The lowest BCUT2D eigenvalue weighted by Crippen LogP contribution is -2.02. The van der Waals surface area contributed by atoms with E-state index in [0.29, 0.717) is 63.8 Å². The van der Waals surface area contributed by atoms with Gasteiger partial charge in [-0.05, 0) is 138 Å². The highest BCUT2D eigenvalue weighted by Gasteiger charge is 2.22. The number of benzene rings is 11. The number of nitro groups is 3. The van der Waals surface area contributed by atoms with Crippen molar-refractivity contribution < 1.29 is 43.6 Å². The predicted molar refractivity (Wildman–Crippen MR) is 594 cm³/mol. The van der Waals surface area contributed by atoms with Crippen LogP contribution in [0.25, 0.3) is 0 Å². The maximum atomic E-state index is 11.1. The Bertz CT molecular complexity index is 5870. The zero-order chi connectivity index (χ0) is 108. The van der Waals surface area contributed by atoms with E-state index in [-0.39, 0.29) is 50.5 Å². The molecular weight excluding hydrogens is 1890 g/mol. The lowest BCUT2D eigenvalue weighted by Gasteiger charge is -2.10. The molecule has 11 aromatic carbocycles. The molecule has 16 aromatic rings. The summed E-state index contributed by atoms with van der Waals surface area (Å²) in [6, 6.07) is 102. The standard InChI is InChI=1S/C23H18N4O.C16H12N4O3.C16H14N4O.C10H6ClN3O3.C7H6O.C6H7N.C6H6O.C4HCl2N3O2.11C2H6/c1-4-10-18(11-5-1)16-24-21-17-25-23(26-19-12-6-2-7-13-19)27-22(21)28-20-14-8-3-9-15-20;21-20(22)14-11-17-16(18-12-7-3-1-4-8-12)19-15(14)23-13-9-5-2-6-10-13;17-14-11-18-16(19-12-7-3-1-4-8-12)20-15(14)21-13-9-5-2-6-10-13;11-10-12-6-8(14(15)16)9(13-10)17-7-4-2-1-3-5-7;8-6-7-4-2-1-3-5-7;2*7-6-4-2-1-3-5-6;5-3-2(9(10)11)1-7-4(6)8-3;11*1-2/h1-17H,(H,25,26,27);1-11H,(H,17,18,19);1-11H,17H2,(H,18,19,20);1-6H;1-6H;1-5H,7H2;1-5,7H;1H;11*1-2H3. The van der Waals surface area contributed by atoms with E-state index in [1.165, 1.54) is 6.20 Å². The fourth-order valence-corrected chi connectivity index (χ4v) is 9.67. The number of nitrogens with two attached hydrogens (primary N) is 2. The third-order valence-corrected chi connectivity index (χ3v) is 15.4. The molecule has 764 valence electrons. The van der Waals surface area contributed by atoms with Crippen LogP contribution in [0.5, 0.6) is 52.3 Å². The minimum atomic E-state index is -0.682. The fourth-order valence-electron chi connectivity index (χ4n) is 9.17. The Balaban J connectivity index is -0.00000158. The third kappa shape index (κ3) is 57.6. The predicted octanol–water partition coefficient (Wildman–Crippen LogP) is 33.2. The topological polar surface area (TPSA) is 433 Å². The normalized spacial score (nSPS) is 8.84. The van der Waals surface area contributed by atoms with E-state index in [1.54, 1.807) is 103 Å². The number of rotatable bonds is 20. The van der Waals surface area contributed by atoms with Crippen molar-refractivity contribution in [2.24, 2.45) is 4.99 Å². The molecule has 0 spiro atoms. The number of halogens is 3. The highest BCUT2D eigenvalue weighted by molar-refractivity contribution is 6.33. The fraction of sp³-hybridized carbons (Fsp3) is 0.200. The number of phenolic OH excluding ortho intramolecular Hbond substituents is 1. The van der Waals surface area contributed by atoms with E-state index < -0.39 is 14.8 Å². The molecule has 31 nitrogen and oxygen atoms in total. The highest BCUT2D eigenvalue weighted by atomic mass is 35.5. The Morgan fingerprint density at radius 1 is 0.306 bits per heavy atom. The van der Waals surface area contributed by atoms with Gasteiger partial charge in [0.15, 0.2) is 0 Å². The summed E-state index contributed by atoms with van der Waals surface area (Å²) in [6.45, 7) is 44.0. The average Bonchev–Trinajstić information content (AvgIpc) is 0.841. The number of nitrogen functional groups attached to an aromatic ring is 2. The number of nitrogens with zero attached hydrogens (tertiary/aromatic N) is 14. The number of phenols is 1. The van der Waals surface area contributed by atoms with Gasteiger partial charge in [-0.2, -0.15) is 24.9 Å². The van der Waals surface area contributed by atoms with Crippen LogP contribution >= 0.6 is 34.8 Å². The van der Waals surface area contributed by atoms with Gasteiger partial charge in [0.2, 0.25) is 45.3 Å². The Kier molecular flexibility index (Phi) is 80.0. The number of aromatic hydroxyl groups is 1. The minimum Gasteiger partial charge on any atom is -0.508 e. The van der Waals surface area contributed by atoms with Crippen molar-refractivity contribution in [3.63, 3.8) is 0 Å². The zero-order valence-electron chi connectivity index (χ0n) is 85.8. The SMILES string of the molecule is C(=Nc1cnc(Nc2ccccc2)nc1Oc1ccccc1)c1ccccc1.CC.CC.CC.CC.CC.CC.CC.CC.CC.CC.CC.Nc1ccccc1.Nc1cnc(Nc2ccccc2)nc1Oc1ccccc1.O=Cc1ccccc1.O=[N+]([O-])c1cnc(Cl)nc1Cl.O=[N+]([O-])c1cnc(Cl)nc1Oc1ccccc1.O=[N+]([O-])c1cnc(Nc2ccccc2)nc1Oc1ccccc1.Oc1ccccc1. The number of hydrogen-bond acceptors (Lipinski definition) is 28. The second-order valence-corrected chi connectivity index (χ2v) is 24.7. The van der Waals surface area contributed by atoms with Crippen molar-refractivity contribution in [1.29, 1.82) is 0 Å². The number of anilines is 8. The van der Waals surface area contributed by atoms with E-state index >= 15 is 0 Å². The van der Waals surface area contributed by atoms with Crippen LogP contribution in [-0.4, -0.2) is 82.2 Å². The molecule has 5 aromatic heterocycles. The summed E-state index contributed by atoms with van der Waals surface area (Å²) in [7, 11) is 0. The van der Waals surface area contributed by atoms with Gasteiger partial charge >= 0.3 is 28.8 Å². The van der Waals surface area contributed by atoms with Crippen molar-refractivity contribution in [2.75, 3.05) is 27.4 Å². The molecule has 0 radical (unpaired) electrons. The van der Waals surface area contributed by atoms with Crippen LogP contribution in [0.1, 0.15) is 168 Å². The van der Waals surface area contributed by atoms with Crippen LogP contribution in [-0.2, 0) is 0 Å². The lowest BCUT2D eigenvalue weighted by molar-refractivity contribution is -0.386. The number of aliphatic imine (C=N–C) groups is 1. The van der Waals surface area contributed by atoms with Gasteiger partial charge in [0.25, 0.3) is 0 Å². The molecule has 0 saturated heterocycles. The summed E-state index contributed by atoms with van der Waals surface area (Å²) in [5, 5.41) is 49.4. The molecule has 0 atom stereocenters. The molecule has 34 heteroatoms. The summed E-state index contributed by atoms with van der Waals surface area (Å²) in [6.07, 6.45) is 8.86. The van der Waals surface area contributed by atoms with Gasteiger partial charge in [-0.25, -0.2) is 29.9 Å². The number of nitrogens with one attached hydrogen (secondary N) is 3. The first-order chi connectivity index (χ1) is 70.4. The van der Waals surface area contributed by atoms with Gasteiger partial charge in [0, 0.05) is 34.5 Å². The summed E-state index contributed by atoms with van der Waals surface area (Å²) in [4.78, 5) is 84.0. The Morgan fingerprint density at radius 2 is 0.562 bits per heavy atom. The van der Waals surface area contributed by atoms with Crippen LogP contribution in [0.15, 0.2) is 370 Å². The molecule has 0 fully saturated rings. The van der Waals surface area contributed by atoms with E-state index in [1.807, 2.05) is 395 Å². The van der Waals surface area contributed by atoms with Gasteiger partial charge in [-0.15, -0.1) is 0 Å². The molecule has 0 unspecified atom stereocenters. The first-order valence-electron chi connectivity index (χ1n) is 46.9.